The molecule has 7 heteroatoms. The molecule has 0 unspecified atom stereocenters. The predicted octanol–water partition coefficient (Wildman–Crippen LogP) is 2.21. The Bertz CT molecular complexity index is 683. The number of nitrogens with zero attached hydrogens (tertiary/aromatic N) is 4. The molecule has 1 aliphatic heterocycles. The van der Waals surface area contributed by atoms with Gasteiger partial charge < -0.3 is 10.3 Å². The molecule has 0 radical (unpaired) electrons. The number of carbonyl (C=O) groups excluding carboxylic acids is 1. The van der Waals surface area contributed by atoms with Crippen LogP contribution in [0.5, 0.6) is 0 Å². The Morgan fingerprint density at radius 1 is 1.26 bits per heavy atom. The second-order valence-corrected chi connectivity index (χ2v) is 6.54. The average molecular weight is 331 g/mol. The predicted molar refractivity (Wildman–Crippen MR) is 90.9 cm³/mol. The molecule has 122 valence electrons. The summed E-state index contributed by atoms with van der Waals surface area (Å²) in [4.78, 5) is 14.8. The summed E-state index contributed by atoms with van der Waals surface area (Å²) in [5.41, 5.74) is 4.51. The van der Waals surface area contributed by atoms with Gasteiger partial charge in [-0.3, -0.25) is 4.79 Å². The molecule has 1 aliphatic rings. The molecule has 1 aromatic carbocycles. The Hall–Kier alpha value is -2.02. The van der Waals surface area contributed by atoms with Gasteiger partial charge in [0, 0.05) is 13.1 Å². The van der Waals surface area contributed by atoms with Gasteiger partial charge in [0.25, 0.3) is 0 Å². The van der Waals surface area contributed by atoms with E-state index in [0.717, 1.165) is 16.5 Å². The fourth-order valence-electron chi connectivity index (χ4n) is 2.77. The highest BCUT2D eigenvalue weighted by Crippen LogP contribution is 2.37. The van der Waals surface area contributed by atoms with E-state index in [1.807, 2.05) is 60.7 Å². The second kappa shape index (κ2) is 6.62. The zero-order valence-corrected chi connectivity index (χ0v) is 14.4. The first-order valence-electron chi connectivity index (χ1n) is 7.84. The Labute approximate surface area is 140 Å². The molecule has 3 rings (SSSR count). The van der Waals surface area contributed by atoms with Crippen LogP contribution in [0, 0.1) is 6.92 Å². The van der Waals surface area contributed by atoms with Crippen LogP contribution in [-0.2, 0) is 4.79 Å². The van der Waals surface area contributed by atoms with E-state index in [2.05, 4.69) is 15.6 Å². The van der Waals surface area contributed by atoms with E-state index in [9.17, 15) is 4.79 Å². The van der Waals surface area contributed by atoms with Crippen LogP contribution in [0.2, 0.25) is 0 Å². The summed E-state index contributed by atoms with van der Waals surface area (Å²) in [6.07, 6.45) is 0. The maximum atomic E-state index is 13.0. The minimum absolute atomic E-state index is 0.114. The standard InChI is InChI=1S/C16H21N5OS/c1-4-20(5-2)15(22)14-13(12-9-7-6-8-10-12)19-21-11(3)17-18-16(21)23-14/h6-10,13-14,19H,4-5H2,1-3H3/t13-,14+/m1/s1. The highest BCUT2D eigenvalue weighted by Gasteiger charge is 2.38. The van der Waals surface area contributed by atoms with Crippen molar-refractivity contribution in [2.75, 3.05) is 18.5 Å². The maximum Gasteiger partial charge on any atom is 0.238 e. The van der Waals surface area contributed by atoms with Crippen LogP contribution in [0.15, 0.2) is 35.5 Å². The van der Waals surface area contributed by atoms with Gasteiger partial charge in [0.2, 0.25) is 11.1 Å². The summed E-state index contributed by atoms with van der Waals surface area (Å²) >= 11 is 1.48. The van der Waals surface area contributed by atoms with Gasteiger partial charge in [-0.1, -0.05) is 42.1 Å². The third-order valence-electron chi connectivity index (χ3n) is 4.08. The molecule has 6 nitrogen and oxygen atoms in total. The maximum absolute atomic E-state index is 13.0. The molecule has 0 bridgehead atoms. The molecule has 0 saturated carbocycles. The number of carbonyl (C=O) groups is 1. The number of nitrogens with one attached hydrogen (secondary N) is 1. The molecule has 0 fully saturated rings. The SMILES string of the molecule is CCN(CC)C(=O)[C@H]1Sc2nnc(C)n2N[C@@H]1c1ccccc1. The molecule has 0 aliphatic carbocycles. The first-order valence-corrected chi connectivity index (χ1v) is 8.72. The van der Waals surface area contributed by atoms with Gasteiger partial charge in [0.05, 0.1) is 6.04 Å². The number of thioether (sulfide) groups is 1. The van der Waals surface area contributed by atoms with Crippen molar-refractivity contribution in [1.29, 1.82) is 0 Å². The number of hydrogen-bond acceptors (Lipinski definition) is 5. The van der Waals surface area contributed by atoms with E-state index in [0.29, 0.717) is 13.1 Å². The van der Waals surface area contributed by atoms with Crippen LogP contribution >= 0.6 is 11.8 Å². The summed E-state index contributed by atoms with van der Waals surface area (Å²) in [6, 6.07) is 9.95. The van der Waals surface area contributed by atoms with E-state index >= 15 is 0 Å². The van der Waals surface area contributed by atoms with Crippen molar-refractivity contribution >= 4 is 17.7 Å². The van der Waals surface area contributed by atoms with Gasteiger partial charge in [-0.05, 0) is 26.3 Å². The highest BCUT2D eigenvalue weighted by molar-refractivity contribution is 8.00. The van der Waals surface area contributed by atoms with Crippen molar-refractivity contribution < 1.29 is 4.79 Å². The van der Waals surface area contributed by atoms with Crippen molar-refractivity contribution in [1.82, 2.24) is 19.8 Å². The van der Waals surface area contributed by atoms with Crippen molar-refractivity contribution in [3.8, 4) is 0 Å². The fourth-order valence-corrected chi connectivity index (χ4v) is 3.98. The molecule has 2 aromatic rings. The highest BCUT2D eigenvalue weighted by atomic mass is 32.2. The van der Waals surface area contributed by atoms with Gasteiger partial charge >= 0.3 is 0 Å². The zero-order chi connectivity index (χ0) is 16.4. The number of aryl methyl sites for hydroxylation is 1. The molecular formula is C16H21N5OS. The number of benzene rings is 1. The van der Waals surface area contributed by atoms with Crippen LogP contribution in [0.3, 0.4) is 0 Å². The Balaban J connectivity index is 1.99. The molecule has 1 amide bonds. The lowest BCUT2D eigenvalue weighted by Gasteiger charge is -2.35. The third kappa shape index (κ3) is 2.93. The van der Waals surface area contributed by atoms with Crippen LogP contribution < -0.4 is 5.43 Å². The van der Waals surface area contributed by atoms with Crippen molar-refractivity contribution in [2.24, 2.45) is 0 Å². The monoisotopic (exact) mass is 331 g/mol. The van der Waals surface area contributed by atoms with Gasteiger partial charge in [0.1, 0.15) is 11.1 Å². The molecule has 2 heterocycles. The first kappa shape index (κ1) is 15.9. The van der Waals surface area contributed by atoms with Crippen molar-refractivity contribution in [3.05, 3.63) is 41.7 Å². The summed E-state index contributed by atoms with van der Waals surface area (Å²) in [5, 5.41) is 8.76. The molecule has 1 N–H and O–H groups in total. The number of amides is 1. The van der Waals surface area contributed by atoms with Crippen LogP contribution in [-0.4, -0.2) is 44.0 Å². The Morgan fingerprint density at radius 2 is 1.96 bits per heavy atom. The number of hydrogen-bond donors (Lipinski definition) is 1. The molecule has 23 heavy (non-hydrogen) atoms. The topological polar surface area (TPSA) is 63.1 Å². The molecule has 0 saturated heterocycles. The third-order valence-corrected chi connectivity index (χ3v) is 5.28. The summed E-state index contributed by atoms with van der Waals surface area (Å²) in [6.45, 7) is 7.33. The van der Waals surface area contributed by atoms with Gasteiger partial charge in [-0.2, -0.15) is 0 Å². The molecule has 1 aromatic heterocycles. The minimum atomic E-state index is -0.256. The average Bonchev–Trinajstić information content (AvgIpc) is 2.96. The Kier molecular flexibility index (Phi) is 4.56. The van der Waals surface area contributed by atoms with Gasteiger partial charge in [0.15, 0.2) is 0 Å². The van der Waals surface area contributed by atoms with Gasteiger partial charge in [-0.15, -0.1) is 10.2 Å². The lowest BCUT2D eigenvalue weighted by Crippen LogP contribution is -2.46. The zero-order valence-electron chi connectivity index (χ0n) is 13.6. The molecule has 0 spiro atoms. The largest absolute Gasteiger partial charge is 0.342 e. The van der Waals surface area contributed by atoms with Crippen LogP contribution in [0.4, 0.5) is 0 Å². The lowest BCUT2D eigenvalue weighted by molar-refractivity contribution is -0.130. The van der Waals surface area contributed by atoms with E-state index in [1.54, 1.807) is 0 Å². The normalized spacial score (nSPS) is 19.8. The summed E-state index contributed by atoms with van der Waals surface area (Å²) in [5.74, 6) is 0.926. The van der Waals surface area contributed by atoms with E-state index in [-0.39, 0.29) is 17.2 Å². The van der Waals surface area contributed by atoms with E-state index in [1.165, 1.54) is 11.8 Å². The first-order chi connectivity index (χ1) is 11.2. The quantitative estimate of drug-likeness (QED) is 0.931. The summed E-state index contributed by atoms with van der Waals surface area (Å²) < 4.78 is 1.87. The van der Waals surface area contributed by atoms with Crippen LogP contribution in [0.1, 0.15) is 31.3 Å². The number of rotatable bonds is 4. The van der Waals surface area contributed by atoms with Crippen molar-refractivity contribution in [2.45, 2.75) is 37.2 Å². The van der Waals surface area contributed by atoms with Crippen LogP contribution in [0.25, 0.3) is 0 Å². The number of aromatic nitrogens is 3. The van der Waals surface area contributed by atoms with Crippen molar-refractivity contribution in [3.63, 3.8) is 0 Å². The van der Waals surface area contributed by atoms with E-state index in [4.69, 9.17) is 0 Å². The smallest absolute Gasteiger partial charge is 0.238 e. The molecular weight excluding hydrogens is 310 g/mol. The fraction of sp³-hybridized carbons (Fsp3) is 0.438. The molecule has 2 atom stereocenters. The summed E-state index contributed by atoms with van der Waals surface area (Å²) in [7, 11) is 0. The Morgan fingerprint density at radius 3 is 2.61 bits per heavy atom. The minimum Gasteiger partial charge on any atom is -0.342 e. The number of fused-ring (bicyclic) bond motifs is 1. The van der Waals surface area contributed by atoms with E-state index < -0.39 is 0 Å². The van der Waals surface area contributed by atoms with Gasteiger partial charge in [-0.25, -0.2) is 4.68 Å². The second-order valence-electron chi connectivity index (χ2n) is 5.43. The lowest BCUT2D eigenvalue weighted by atomic mass is 10.0.